The van der Waals surface area contributed by atoms with E-state index < -0.39 is 0 Å². The standard InChI is InChI=1S/C14H19N3O2S/c1-3-7-15-9-13-16-17-14(20-13)19-12-6-4-5-11(8-12)10-18-2/h4-6,8,15H,3,7,9-10H2,1-2H3. The van der Waals surface area contributed by atoms with Gasteiger partial charge in [-0.2, -0.15) is 0 Å². The van der Waals surface area contributed by atoms with Crippen LogP contribution in [0.5, 0.6) is 10.9 Å². The number of hydrogen-bond donors (Lipinski definition) is 1. The van der Waals surface area contributed by atoms with Crippen LogP contribution in [0.3, 0.4) is 0 Å². The van der Waals surface area contributed by atoms with Crippen molar-refractivity contribution in [3.05, 3.63) is 34.8 Å². The summed E-state index contributed by atoms with van der Waals surface area (Å²) in [5, 5.41) is 12.9. The van der Waals surface area contributed by atoms with Crippen LogP contribution < -0.4 is 10.1 Å². The van der Waals surface area contributed by atoms with Crippen molar-refractivity contribution in [1.29, 1.82) is 0 Å². The molecule has 1 aromatic carbocycles. The van der Waals surface area contributed by atoms with E-state index in [2.05, 4.69) is 22.4 Å². The maximum atomic E-state index is 5.71. The minimum absolute atomic E-state index is 0.563. The largest absolute Gasteiger partial charge is 0.430 e. The lowest BCUT2D eigenvalue weighted by atomic mass is 10.2. The first-order valence-corrected chi connectivity index (χ1v) is 7.42. The van der Waals surface area contributed by atoms with Crippen molar-refractivity contribution in [3.8, 4) is 10.9 Å². The van der Waals surface area contributed by atoms with Gasteiger partial charge in [-0.05, 0) is 30.7 Å². The summed E-state index contributed by atoms with van der Waals surface area (Å²) in [6, 6.07) is 7.78. The Morgan fingerprint density at radius 1 is 1.30 bits per heavy atom. The first kappa shape index (κ1) is 14.9. The fraction of sp³-hybridized carbons (Fsp3) is 0.429. The summed E-state index contributed by atoms with van der Waals surface area (Å²) in [5.74, 6) is 0.753. The van der Waals surface area contributed by atoms with E-state index in [0.717, 1.165) is 35.8 Å². The Bertz CT molecular complexity index is 531. The third-order valence-corrected chi connectivity index (χ3v) is 3.37. The zero-order valence-electron chi connectivity index (χ0n) is 11.8. The average Bonchev–Trinajstić information content (AvgIpc) is 2.87. The van der Waals surface area contributed by atoms with Crippen molar-refractivity contribution in [2.45, 2.75) is 26.5 Å². The molecule has 0 atom stereocenters. The Morgan fingerprint density at radius 2 is 2.20 bits per heavy atom. The molecule has 0 amide bonds. The summed E-state index contributed by atoms with van der Waals surface area (Å²) < 4.78 is 10.8. The van der Waals surface area contributed by atoms with Crippen LogP contribution in [0.4, 0.5) is 0 Å². The first-order valence-electron chi connectivity index (χ1n) is 6.60. The fourth-order valence-electron chi connectivity index (χ4n) is 1.69. The predicted octanol–water partition coefficient (Wildman–Crippen LogP) is 2.98. The van der Waals surface area contributed by atoms with Crippen LogP contribution in [-0.2, 0) is 17.9 Å². The molecule has 6 heteroatoms. The van der Waals surface area contributed by atoms with Gasteiger partial charge in [0, 0.05) is 13.7 Å². The highest BCUT2D eigenvalue weighted by Crippen LogP contribution is 2.25. The Hall–Kier alpha value is -1.50. The Morgan fingerprint density at radius 3 is 3.00 bits per heavy atom. The van der Waals surface area contributed by atoms with Gasteiger partial charge in [-0.25, -0.2) is 0 Å². The molecule has 0 bridgehead atoms. The number of nitrogens with one attached hydrogen (secondary N) is 1. The molecule has 1 aromatic heterocycles. The van der Waals surface area contributed by atoms with E-state index in [9.17, 15) is 0 Å². The van der Waals surface area contributed by atoms with Crippen LogP contribution >= 0.6 is 11.3 Å². The summed E-state index contributed by atoms with van der Waals surface area (Å²) in [4.78, 5) is 0. The number of nitrogens with zero attached hydrogens (tertiary/aromatic N) is 2. The molecule has 1 N–H and O–H groups in total. The summed E-state index contributed by atoms with van der Waals surface area (Å²) in [7, 11) is 1.67. The topological polar surface area (TPSA) is 56.3 Å². The molecular weight excluding hydrogens is 274 g/mol. The van der Waals surface area contributed by atoms with Crippen molar-refractivity contribution in [2.75, 3.05) is 13.7 Å². The van der Waals surface area contributed by atoms with Gasteiger partial charge in [-0.15, -0.1) is 5.10 Å². The van der Waals surface area contributed by atoms with Gasteiger partial charge in [0.25, 0.3) is 5.19 Å². The van der Waals surface area contributed by atoms with Crippen molar-refractivity contribution in [2.24, 2.45) is 0 Å². The van der Waals surface area contributed by atoms with Gasteiger partial charge in [0.1, 0.15) is 10.8 Å². The Kier molecular flexibility index (Phi) is 5.91. The molecule has 5 nitrogen and oxygen atoms in total. The SMILES string of the molecule is CCCNCc1nnc(Oc2cccc(COC)c2)s1. The van der Waals surface area contributed by atoms with Crippen LogP contribution in [-0.4, -0.2) is 23.9 Å². The highest BCUT2D eigenvalue weighted by atomic mass is 32.1. The lowest BCUT2D eigenvalue weighted by Gasteiger charge is -2.03. The normalized spacial score (nSPS) is 10.7. The zero-order valence-corrected chi connectivity index (χ0v) is 12.6. The third kappa shape index (κ3) is 4.56. The van der Waals surface area contributed by atoms with E-state index >= 15 is 0 Å². The fourth-order valence-corrected chi connectivity index (χ4v) is 2.37. The number of rotatable bonds is 8. The van der Waals surface area contributed by atoms with Crippen LogP contribution in [0.25, 0.3) is 0 Å². The lowest BCUT2D eigenvalue weighted by Crippen LogP contribution is -2.13. The van der Waals surface area contributed by atoms with E-state index in [1.54, 1.807) is 7.11 Å². The number of ether oxygens (including phenoxy) is 2. The molecule has 0 radical (unpaired) electrons. The summed E-state index contributed by atoms with van der Waals surface area (Å²) in [5.41, 5.74) is 1.07. The summed E-state index contributed by atoms with van der Waals surface area (Å²) in [6.07, 6.45) is 1.11. The monoisotopic (exact) mass is 293 g/mol. The molecule has 0 fully saturated rings. The molecule has 0 aliphatic heterocycles. The van der Waals surface area contributed by atoms with Crippen LogP contribution in [0.2, 0.25) is 0 Å². The van der Waals surface area contributed by atoms with E-state index in [-0.39, 0.29) is 0 Å². The first-order chi connectivity index (χ1) is 9.81. The molecule has 0 saturated heterocycles. The molecule has 108 valence electrons. The second kappa shape index (κ2) is 7.94. The maximum Gasteiger partial charge on any atom is 0.299 e. The Balaban J connectivity index is 1.94. The molecule has 2 aromatic rings. The average molecular weight is 293 g/mol. The van der Waals surface area contributed by atoms with Gasteiger partial charge in [0.05, 0.1) is 6.61 Å². The van der Waals surface area contributed by atoms with Crippen molar-refractivity contribution < 1.29 is 9.47 Å². The van der Waals surface area contributed by atoms with E-state index in [1.165, 1.54) is 11.3 Å². The van der Waals surface area contributed by atoms with E-state index in [4.69, 9.17) is 9.47 Å². The number of benzene rings is 1. The zero-order chi connectivity index (χ0) is 14.2. The highest BCUT2D eigenvalue weighted by molar-refractivity contribution is 7.13. The summed E-state index contributed by atoms with van der Waals surface area (Å²) >= 11 is 1.46. The molecule has 0 aliphatic rings. The number of methoxy groups -OCH3 is 1. The van der Waals surface area contributed by atoms with E-state index in [0.29, 0.717) is 11.8 Å². The number of aromatic nitrogens is 2. The maximum absolute atomic E-state index is 5.71. The van der Waals surface area contributed by atoms with Crippen LogP contribution in [0, 0.1) is 0 Å². The lowest BCUT2D eigenvalue weighted by molar-refractivity contribution is 0.184. The molecule has 1 heterocycles. The van der Waals surface area contributed by atoms with Gasteiger partial charge in [0.2, 0.25) is 0 Å². The van der Waals surface area contributed by atoms with Crippen molar-refractivity contribution >= 4 is 11.3 Å². The van der Waals surface area contributed by atoms with Crippen LogP contribution in [0.1, 0.15) is 23.9 Å². The molecule has 0 unspecified atom stereocenters. The molecule has 0 aliphatic carbocycles. The minimum atomic E-state index is 0.563. The van der Waals surface area contributed by atoms with Gasteiger partial charge >= 0.3 is 0 Å². The van der Waals surface area contributed by atoms with Gasteiger partial charge < -0.3 is 14.8 Å². The molecule has 0 spiro atoms. The molecule has 20 heavy (non-hydrogen) atoms. The Labute approximate surface area is 123 Å². The van der Waals surface area contributed by atoms with Gasteiger partial charge in [-0.1, -0.05) is 35.5 Å². The predicted molar refractivity (Wildman–Crippen MR) is 79.1 cm³/mol. The third-order valence-electron chi connectivity index (χ3n) is 2.57. The van der Waals surface area contributed by atoms with Crippen molar-refractivity contribution in [3.63, 3.8) is 0 Å². The molecular formula is C14H19N3O2S. The second-order valence-corrected chi connectivity index (χ2v) is 5.35. The molecule has 2 rings (SSSR count). The van der Waals surface area contributed by atoms with Crippen LogP contribution in [0.15, 0.2) is 24.3 Å². The number of hydrogen-bond acceptors (Lipinski definition) is 6. The minimum Gasteiger partial charge on any atom is -0.430 e. The second-order valence-electron chi connectivity index (χ2n) is 4.32. The smallest absolute Gasteiger partial charge is 0.299 e. The summed E-state index contributed by atoms with van der Waals surface area (Å²) in [6.45, 7) is 4.42. The van der Waals surface area contributed by atoms with Gasteiger partial charge in [-0.3, -0.25) is 0 Å². The van der Waals surface area contributed by atoms with Crippen molar-refractivity contribution in [1.82, 2.24) is 15.5 Å². The van der Waals surface area contributed by atoms with Gasteiger partial charge in [0.15, 0.2) is 0 Å². The highest BCUT2D eigenvalue weighted by Gasteiger charge is 2.06. The van der Waals surface area contributed by atoms with E-state index in [1.807, 2.05) is 24.3 Å². The quantitative estimate of drug-likeness (QED) is 0.758. The molecule has 0 saturated carbocycles.